The van der Waals surface area contributed by atoms with Crippen molar-refractivity contribution >= 4 is 35.4 Å². The van der Waals surface area contributed by atoms with Crippen LogP contribution in [-0.2, 0) is 43.0 Å². The fraction of sp³-hybridized carbons (Fsp3) is 0.744. The molecule has 0 aromatic heterocycles. The number of carboxylic acid groups (broad SMARTS) is 1. The normalized spacial score (nSPS) is 38.8. The summed E-state index contributed by atoms with van der Waals surface area (Å²) < 4.78 is 17.2. The first-order valence-electron chi connectivity index (χ1n) is 18.0. The molecule has 4 fully saturated rings. The lowest BCUT2D eigenvalue weighted by atomic mass is 9.43. The van der Waals surface area contributed by atoms with Crippen molar-refractivity contribution < 1.29 is 48.1 Å². The number of aliphatic carboxylic acids is 1. The van der Waals surface area contributed by atoms with Gasteiger partial charge in [-0.1, -0.05) is 47.3 Å². The first-order valence-corrected chi connectivity index (χ1v) is 18.0. The van der Waals surface area contributed by atoms with Crippen LogP contribution >= 0.6 is 0 Å². The topological polar surface area (TPSA) is 150 Å². The van der Waals surface area contributed by atoms with Crippen molar-refractivity contribution in [2.75, 3.05) is 6.61 Å². The Kier molecular flexibility index (Phi) is 9.89. The van der Waals surface area contributed by atoms with Crippen molar-refractivity contribution in [1.82, 2.24) is 0 Å². The highest BCUT2D eigenvalue weighted by Gasteiger charge is 2.81. The van der Waals surface area contributed by atoms with E-state index in [-0.39, 0.29) is 70.7 Å². The minimum absolute atomic E-state index is 0.0167. The maximum absolute atomic E-state index is 14.2. The quantitative estimate of drug-likeness (QED) is 0.138. The molecule has 4 saturated carbocycles. The summed E-state index contributed by atoms with van der Waals surface area (Å²) in [5.41, 5.74) is -0.317. The van der Waals surface area contributed by atoms with Gasteiger partial charge >= 0.3 is 23.9 Å². The van der Waals surface area contributed by atoms with E-state index < -0.39 is 53.7 Å². The number of allylic oxidation sites excluding steroid dienone is 2. The van der Waals surface area contributed by atoms with Gasteiger partial charge in [-0.15, -0.1) is 0 Å². The van der Waals surface area contributed by atoms with Crippen molar-refractivity contribution in [2.45, 2.75) is 118 Å². The van der Waals surface area contributed by atoms with E-state index in [4.69, 9.17) is 19.3 Å². The van der Waals surface area contributed by atoms with Crippen LogP contribution in [0, 0.1) is 57.2 Å². The molecule has 49 heavy (non-hydrogen) atoms. The molecule has 3 unspecified atom stereocenters. The number of carbonyl (C=O) groups is 6. The molecule has 1 N–H and O–H groups in total. The first kappa shape index (κ1) is 37.0. The van der Waals surface area contributed by atoms with E-state index in [1.54, 1.807) is 6.92 Å². The molecule has 0 aliphatic heterocycles. The fourth-order valence-corrected chi connectivity index (χ4v) is 11.6. The van der Waals surface area contributed by atoms with Crippen molar-refractivity contribution in [3.8, 4) is 0 Å². The van der Waals surface area contributed by atoms with Gasteiger partial charge in [0.1, 0.15) is 6.10 Å². The highest BCUT2D eigenvalue weighted by atomic mass is 16.6. The molecule has 5 aliphatic rings. The van der Waals surface area contributed by atoms with Crippen LogP contribution in [0.5, 0.6) is 0 Å². The molecule has 0 aromatic carbocycles. The molecule has 0 amide bonds. The summed E-state index contributed by atoms with van der Waals surface area (Å²) in [7, 11) is 0. The van der Waals surface area contributed by atoms with E-state index in [1.807, 2.05) is 13.0 Å². The van der Waals surface area contributed by atoms with E-state index in [0.29, 0.717) is 18.3 Å². The van der Waals surface area contributed by atoms with Crippen LogP contribution in [0.1, 0.15) is 106 Å². The fourth-order valence-electron chi connectivity index (χ4n) is 11.6. The Morgan fingerprint density at radius 2 is 1.71 bits per heavy atom. The van der Waals surface area contributed by atoms with E-state index in [0.717, 1.165) is 32.1 Å². The maximum Gasteiger partial charge on any atom is 0.305 e. The third-order valence-electron chi connectivity index (χ3n) is 14.1. The van der Waals surface area contributed by atoms with Crippen LogP contribution in [0.15, 0.2) is 24.3 Å². The zero-order valence-corrected chi connectivity index (χ0v) is 30.2. The minimum Gasteiger partial charge on any atom is -0.481 e. The highest BCUT2D eigenvalue weighted by Crippen LogP contribution is 2.87. The lowest BCUT2D eigenvalue weighted by Crippen LogP contribution is -2.56. The number of fused-ring (bicyclic) bond motifs is 2. The predicted molar refractivity (Wildman–Crippen MR) is 179 cm³/mol. The molecule has 0 bridgehead atoms. The standard InChI is InChI=1S/C39H54O10/c1-21(19-47-32(45)11-9-10-31(43)44)22(2)34(46)35(49-26(6)41)24(4)33-29(48-25(5)40)18-37(8)30-13-12-27-23(3)28(42)14-15-38(27)20-39(30,38)17-16-36(33,37)7/h14-15,21,23-24,27,29-30,33,35H,2,9-13,16-20H2,1,3-8H3,(H,43,44)/t21-,23-,24?,27-,29-,30-,33-,35+,36+,37-,38?,39?/m0/s1. The van der Waals surface area contributed by atoms with Gasteiger partial charge in [0.2, 0.25) is 0 Å². The molecule has 10 heteroatoms. The summed E-state index contributed by atoms with van der Waals surface area (Å²) in [6.45, 7) is 16.9. The van der Waals surface area contributed by atoms with Crippen LogP contribution in [0.2, 0.25) is 0 Å². The van der Waals surface area contributed by atoms with Gasteiger partial charge in [0.05, 0.1) is 6.61 Å². The monoisotopic (exact) mass is 682 g/mol. The Bertz CT molecular complexity index is 1460. The van der Waals surface area contributed by atoms with Gasteiger partial charge in [0.25, 0.3) is 0 Å². The van der Waals surface area contributed by atoms with Gasteiger partial charge in [-0.05, 0) is 90.1 Å². The van der Waals surface area contributed by atoms with Crippen molar-refractivity contribution in [1.29, 1.82) is 0 Å². The van der Waals surface area contributed by atoms with Gasteiger partial charge in [0.15, 0.2) is 17.7 Å². The average Bonchev–Trinajstić information content (AvgIpc) is 3.63. The molecular weight excluding hydrogens is 628 g/mol. The van der Waals surface area contributed by atoms with Crippen LogP contribution in [-0.4, -0.2) is 59.4 Å². The molecule has 10 nitrogen and oxygen atoms in total. The molecule has 0 radical (unpaired) electrons. The minimum atomic E-state index is -1.19. The second kappa shape index (κ2) is 13.1. The summed E-state index contributed by atoms with van der Waals surface area (Å²) in [5, 5.41) is 8.82. The van der Waals surface area contributed by atoms with E-state index in [2.05, 4.69) is 33.4 Å². The van der Waals surface area contributed by atoms with E-state index in [9.17, 15) is 28.8 Å². The molecular formula is C39H54O10. The summed E-state index contributed by atoms with van der Waals surface area (Å²) in [4.78, 5) is 74.9. The van der Waals surface area contributed by atoms with Crippen molar-refractivity contribution in [3.05, 3.63) is 24.3 Å². The van der Waals surface area contributed by atoms with Gasteiger partial charge in [-0.25, -0.2) is 0 Å². The number of carboxylic acids is 1. The number of ketones is 2. The Morgan fingerprint density at radius 3 is 2.35 bits per heavy atom. The molecule has 0 aromatic rings. The van der Waals surface area contributed by atoms with Crippen molar-refractivity contribution in [3.63, 3.8) is 0 Å². The number of esters is 3. The summed E-state index contributed by atoms with van der Waals surface area (Å²) in [6.07, 6.45) is 7.83. The molecule has 0 heterocycles. The zero-order valence-electron chi connectivity index (χ0n) is 30.2. The van der Waals surface area contributed by atoms with Crippen molar-refractivity contribution in [2.24, 2.45) is 57.2 Å². The van der Waals surface area contributed by atoms with Crippen LogP contribution < -0.4 is 0 Å². The molecule has 5 aliphatic carbocycles. The largest absolute Gasteiger partial charge is 0.481 e. The Labute approximate surface area is 289 Å². The van der Waals surface area contributed by atoms with Gasteiger partial charge in [0, 0.05) is 50.4 Å². The zero-order chi connectivity index (χ0) is 36.3. The number of carbonyl (C=O) groups excluding carboxylic acids is 5. The van der Waals surface area contributed by atoms with Gasteiger partial charge in [-0.2, -0.15) is 0 Å². The molecule has 270 valence electrons. The molecule has 2 spiro atoms. The lowest BCUT2D eigenvalue weighted by Gasteiger charge is -2.61. The van der Waals surface area contributed by atoms with Gasteiger partial charge < -0.3 is 19.3 Å². The molecule has 12 atom stereocenters. The number of ether oxygens (including phenoxy) is 3. The second-order valence-corrected chi connectivity index (χ2v) is 16.5. The van der Waals surface area contributed by atoms with Crippen LogP contribution in [0.3, 0.4) is 0 Å². The lowest BCUT2D eigenvalue weighted by molar-refractivity contribution is -0.166. The number of hydrogen-bond acceptors (Lipinski definition) is 9. The molecule has 5 rings (SSSR count). The second-order valence-electron chi connectivity index (χ2n) is 16.5. The third kappa shape index (κ3) is 5.98. The van der Waals surface area contributed by atoms with Crippen LogP contribution in [0.25, 0.3) is 0 Å². The van der Waals surface area contributed by atoms with Gasteiger partial charge in [-0.3, -0.25) is 28.8 Å². The molecule has 0 saturated heterocycles. The van der Waals surface area contributed by atoms with E-state index in [1.165, 1.54) is 13.8 Å². The third-order valence-corrected chi connectivity index (χ3v) is 14.1. The average molecular weight is 683 g/mol. The number of hydrogen-bond donors (Lipinski definition) is 1. The van der Waals surface area contributed by atoms with Crippen LogP contribution in [0.4, 0.5) is 0 Å². The highest BCUT2D eigenvalue weighted by molar-refractivity contribution is 6.00. The summed E-state index contributed by atoms with van der Waals surface area (Å²) >= 11 is 0. The predicted octanol–water partition coefficient (Wildman–Crippen LogP) is 6.05. The van der Waals surface area contributed by atoms with E-state index >= 15 is 0 Å². The first-order chi connectivity index (χ1) is 22.8. The maximum atomic E-state index is 14.2. The Balaban J connectivity index is 1.40. The smallest absolute Gasteiger partial charge is 0.305 e. The SMILES string of the molecule is C=C(C(=O)[C@H](OC(C)=O)C(C)[C@H]1[C@@H](OC(C)=O)C[C@@]2(C)[C@@H]3CC[C@H]4[C@H](C)C(=O)C=CC45CC35CC[C@]12C)[C@@H](C)COC(=O)CCCC(=O)O. The number of Topliss-reactive ketones (excluding diaryl/α,β-unsaturated/α-hetero) is 1. The summed E-state index contributed by atoms with van der Waals surface area (Å²) in [6, 6.07) is 0. The Hall–Kier alpha value is -3.30. The Morgan fingerprint density at radius 1 is 1.02 bits per heavy atom. The number of rotatable bonds is 13. The summed E-state index contributed by atoms with van der Waals surface area (Å²) in [5.74, 6) is -3.50.